The first-order valence-corrected chi connectivity index (χ1v) is 7.20. The molecule has 20 heavy (non-hydrogen) atoms. The minimum Gasteiger partial charge on any atom is -0.355 e. The van der Waals surface area contributed by atoms with Gasteiger partial charge in [0.25, 0.3) is 0 Å². The fraction of sp³-hybridized carbons (Fsp3) is 0.929. The molecule has 118 valence electrons. The highest BCUT2D eigenvalue weighted by atomic mass is 19.4. The zero-order valence-corrected chi connectivity index (χ0v) is 12.2. The third-order valence-corrected chi connectivity index (χ3v) is 4.12. The Bertz CT molecular complexity index is 321. The highest BCUT2D eigenvalue weighted by molar-refractivity contribution is 5.78. The summed E-state index contributed by atoms with van der Waals surface area (Å²) in [5, 5.41) is 2.86. The van der Waals surface area contributed by atoms with Gasteiger partial charge in [0, 0.05) is 12.5 Å². The monoisotopic (exact) mass is 294 g/mol. The van der Waals surface area contributed by atoms with Gasteiger partial charge >= 0.3 is 6.18 Å². The summed E-state index contributed by atoms with van der Waals surface area (Å²) in [6, 6.07) is 0. The second kappa shape index (κ2) is 6.78. The Morgan fingerprint density at radius 2 is 1.75 bits per heavy atom. The molecule has 0 bridgehead atoms. The van der Waals surface area contributed by atoms with Gasteiger partial charge in [0.2, 0.25) is 5.91 Å². The van der Waals surface area contributed by atoms with E-state index in [-0.39, 0.29) is 30.1 Å². The van der Waals surface area contributed by atoms with Crippen LogP contribution in [0.5, 0.6) is 0 Å². The third kappa shape index (κ3) is 5.31. The molecule has 1 rings (SSSR count). The zero-order chi connectivity index (χ0) is 15.4. The summed E-state index contributed by atoms with van der Waals surface area (Å²) >= 11 is 0. The number of hydrogen-bond donors (Lipinski definition) is 2. The van der Waals surface area contributed by atoms with E-state index in [1.165, 1.54) is 0 Å². The van der Waals surface area contributed by atoms with Crippen LogP contribution in [0.25, 0.3) is 0 Å². The Labute approximate surface area is 118 Å². The number of alkyl halides is 3. The number of rotatable bonds is 5. The van der Waals surface area contributed by atoms with Gasteiger partial charge in [-0.25, -0.2) is 0 Å². The first-order valence-electron chi connectivity index (χ1n) is 7.20. The molecule has 0 aliphatic heterocycles. The Hall–Kier alpha value is -0.780. The van der Waals surface area contributed by atoms with E-state index >= 15 is 0 Å². The van der Waals surface area contributed by atoms with Crippen LogP contribution in [-0.2, 0) is 4.79 Å². The maximum atomic E-state index is 12.5. The Morgan fingerprint density at radius 3 is 2.20 bits per heavy atom. The molecule has 0 heterocycles. The van der Waals surface area contributed by atoms with E-state index in [1.807, 2.05) is 13.8 Å². The maximum absolute atomic E-state index is 12.5. The van der Waals surface area contributed by atoms with Crippen molar-refractivity contribution in [3.63, 3.8) is 0 Å². The van der Waals surface area contributed by atoms with Crippen molar-refractivity contribution >= 4 is 5.91 Å². The molecule has 6 heteroatoms. The van der Waals surface area contributed by atoms with Crippen molar-refractivity contribution < 1.29 is 18.0 Å². The van der Waals surface area contributed by atoms with Gasteiger partial charge in [-0.05, 0) is 44.1 Å². The number of halogens is 3. The predicted molar refractivity (Wildman–Crippen MR) is 72.0 cm³/mol. The highest BCUT2D eigenvalue weighted by Gasteiger charge is 2.42. The lowest BCUT2D eigenvalue weighted by Crippen LogP contribution is -2.40. The van der Waals surface area contributed by atoms with Crippen LogP contribution in [0.4, 0.5) is 13.2 Å². The predicted octanol–water partition coefficient (Wildman–Crippen LogP) is 2.85. The van der Waals surface area contributed by atoms with Crippen molar-refractivity contribution in [2.45, 2.75) is 52.1 Å². The van der Waals surface area contributed by atoms with Crippen LogP contribution in [0.3, 0.4) is 0 Å². The SMILES string of the molecule is CC(C)(CCN)CNC(=O)C1CCC(C(F)(F)F)CC1. The van der Waals surface area contributed by atoms with E-state index in [1.54, 1.807) is 0 Å². The Morgan fingerprint density at radius 1 is 1.20 bits per heavy atom. The number of carbonyl (C=O) groups is 1. The molecule has 0 atom stereocenters. The van der Waals surface area contributed by atoms with Crippen LogP contribution in [0.15, 0.2) is 0 Å². The van der Waals surface area contributed by atoms with Crippen molar-refractivity contribution in [3.05, 3.63) is 0 Å². The molecule has 1 saturated carbocycles. The summed E-state index contributed by atoms with van der Waals surface area (Å²) < 4.78 is 37.6. The quantitative estimate of drug-likeness (QED) is 0.819. The molecule has 0 aromatic carbocycles. The van der Waals surface area contributed by atoms with Crippen molar-refractivity contribution in [2.24, 2.45) is 23.0 Å². The van der Waals surface area contributed by atoms with E-state index in [2.05, 4.69) is 5.32 Å². The highest BCUT2D eigenvalue weighted by Crippen LogP contribution is 2.39. The van der Waals surface area contributed by atoms with Crippen molar-refractivity contribution in [1.29, 1.82) is 0 Å². The summed E-state index contributed by atoms with van der Waals surface area (Å²) in [6.45, 7) is 5.10. The average Bonchev–Trinajstić information content (AvgIpc) is 2.35. The molecule has 0 saturated heterocycles. The summed E-state index contributed by atoms with van der Waals surface area (Å²) in [5.74, 6) is -1.63. The molecular formula is C14H25F3N2O. The van der Waals surface area contributed by atoms with Crippen molar-refractivity contribution in [2.75, 3.05) is 13.1 Å². The zero-order valence-electron chi connectivity index (χ0n) is 12.2. The van der Waals surface area contributed by atoms with Crippen LogP contribution in [-0.4, -0.2) is 25.2 Å². The summed E-state index contributed by atoms with van der Waals surface area (Å²) in [5.41, 5.74) is 5.42. The number of nitrogens with two attached hydrogens (primary N) is 1. The fourth-order valence-corrected chi connectivity index (χ4v) is 2.63. The van der Waals surface area contributed by atoms with Gasteiger partial charge in [-0.2, -0.15) is 13.2 Å². The van der Waals surface area contributed by atoms with Gasteiger partial charge in [0.1, 0.15) is 0 Å². The van der Waals surface area contributed by atoms with Gasteiger partial charge in [-0.15, -0.1) is 0 Å². The summed E-state index contributed by atoms with van der Waals surface area (Å²) in [6.07, 6.45) is -2.54. The molecule has 3 nitrogen and oxygen atoms in total. The normalized spacial score (nSPS) is 24.5. The third-order valence-electron chi connectivity index (χ3n) is 4.12. The number of amides is 1. The van der Waals surface area contributed by atoms with E-state index in [4.69, 9.17) is 5.73 Å². The van der Waals surface area contributed by atoms with Crippen molar-refractivity contribution in [3.8, 4) is 0 Å². The topological polar surface area (TPSA) is 55.1 Å². The smallest absolute Gasteiger partial charge is 0.355 e. The second-order valence-corrected chi connectivity index (χ2v) is 6.51. The van der Waals surface area contributed by atoms with Gasteiger partial charge in [-0.3, -0.25) is 4.79 Å². The molecule has 0 unspecified atom stereocenters. The average molecular weight is 294 g/mol. The van der Waals surface area contributed by atoms with E-state index in [0.717, 1.165) is 6.42 Å². The van der Waals surface area contributed by atoms with Crippen LogP contribution in [0, 0.1) is 17.3 Å². The molecule has 1 amide bonds. The fourth-order valence-electron chi connectivity index (χ4n) is 2.63. The Balaban J connectivity index is 2.36. The lowest BCUT2D eigenvalue weighted by molar-refractivity contribution is -0.184. The lowest BCUT2D eigenvalue weighted by atomic mass is 9.81. The first kappa shape index (κ1) is 17.3. The molecular weight excluding hydrogens is 269 g/mol. The van der Waals surface area contributed by atoms with E-state index in [0.29, 0.717) is 25.9 Å². The van der Waals surface area contributed by atoms with Crippen LogP contribution < -0.4 is 11.1 Å². The van der Waals surface area contributed by atoms with E-state index < -0.39 is 12.1 Å². The number of hydrogen-bond acceptors (Lipinski definition) is 2. The summed E-state index contributed by atoms with van der Waals surface area (Å²) in [4.78, 5) is 12.0. The van der Waals surface area contributed by atoms with Gasteiger partial charge in [-0.1, -0.05) is 13.8 Å². The molecule has 0 aromatic heterocycles. The number of nitrogens with one attached hydrogen (secondary N) is 1. The van der Waals surface area contributed by atoms with Gasteiger partial charge in [0.15, 0.2) is 0 Å². The summed E-state index contributed by atoms with van der Waals surface area (Å²) in [7, 11) is 0. The number of carbonyl (C=O) groups excluding carboxylic acids is 1. The minimum atomic E-state index is -4.12. The molecule has 3 N–H and O–H groups in total. The molecule has 1 aliphatic carbocycles. The molecule has 1 aliphatic rings. The van der Waals surface area contributed by atoms with Crippen LogP contribution in [0.1, 0.15) is 46.0 Å². The van der Waals surface area contributed by atoms with Crippen LogP contribution in [0.2, 0.25) is 0 Å². The van der Waals surface area contributed by atoms with E-state index in [9.17, 15) is 18.0 Å². The Kier molecular flexibility index (Phi) is 5.86. The van der Waals surface area contributed by atoms with Crippen LogP contribution >= 0.6 is 0 Å². The van der Waals surface area contributed by atoms with Gasteiger partial charge < -0.3 is 11.1 Å². The minimum absolute atomic E-state index is 0.0633. The first-order chi connectivity index (χ1) is 9.15. The molecule has 0 aromatic rings. The standard InChI is InChI=1S/C14H25F3N2O/c1-13(2,7-8-18)9-19-12(20)10-3-5-11(6-4-10)14(15,16)17/h10-11H,3-9,18H2,1-2H3,(H,19,20). The lowest BCUT2D eigenvalue weighted by Gasteiger charge is -2.30. The maximum Gasteiger partial charge on any atom is 0.391 e. The van der Waals surface area contributed by atoms with Gasteiger partial charge in [0.05, 0.1) is 5.92 Å². The molecule has 0 spiro atoms. The largest absolute Gasteiger partial charge is 0.391 e. The van der Waals surface area contributed by atoms with Crippen molar-refractivity contribution in [1.82, 2.24) is 5.32 Å². The second-order valence-electron chi connectivity index (χ2n) is 6.51. The molecule has 0 radical (unpaired) electrons. The molecule has 1 fully saturated rings.